The predicted octanol–water partition coefficient (Wildman–Crippen LogP) is 6.40. The van der Waals surface area contributed by atoms with Crippen LogP contribution in [0.3, 0.4) is 0 Å². The van der Waals surface area contributed by atoms with Gasteiger partial charge in [-0.2, -0.15) is 5.10 Å². The van der Waals surface area contributed by atoms with E-state index in [2.05, 4.69) is 25.8 Å². The molecule has 182 valence electrons. The highest BCUT2D eigenvalue weighted by Gasteiger charge is 2.15. The van der Waals surface area contributed by atoms with Gasteiger partial charge in [0.2, 0.25) is 0 Å². The fourth-order valence-electron chi connectivity index (χ4n) is 3.74. The monoisotopic (exact) mass is 509 g/mol. The largest absolute Gasteiger partial charge is 0.419 e. The minimum absolute atomic E-state index is 0.279. The number of pyridine rings is 1. The van der Waals surface area contributed by atoms with Crippen molar-refractivity contribution in [1.82, 2.24) is 15.2 Å². The number of nitrogens with zero attached hydrogens (tertiary/aromatic N) is 3. The lowest BCUT2D eigenvalue weighted by molar-refractivity contribution is 0.0645. The predicted molar refractivity (Wildman–Crippen MR) is 142 cm³/mol. The molecule has 0 saturated carbocycles. The first-order valence-electron chi connectivity index (χ1n) is 11.3. The van der Waals surface area contributed by atoms with Crippen molar-refractivity contribution in [2.24, 2.45) is 0 Å². The van der Waals surface area contributed by atoms with Crippen molar-refractivity contribution in [2.75, 3.05) is 10.6 Å². The van der Waals surface area contributed by atoms with Crippen LogP contribution in [0.4, 0.5) is 22.0 Å². The van der Waals surface area contributed by atoms with Gasteiger partial charge in [-0.15, -0.1) is 5.10 Å². The topological polar surface area (TPSA) is 106 Å². The number of nitrogens with one attached hydrogen (secondary N) is 2. The summed E-state index contributed by atoms with van der Waals surface area (Å²) in [5.74, 6) is -0.248. The average Bonchev–Trinajstić information content (AvgIpc) is 2.92. The van der Waals surface area contributed by atoms with Crippen LogP contribution < -0.4 is 10.6 Å². The van der Waals surface area contributed by atoms with Gasteiger partial charge in [-0.05, 0) is 66.2 Å². The molecule has 3 aromatic carbocycles. The summed E-state index contributed by atoms with van der Waals surface area (Å²) >= 11 is 6.02. The van der Waals surface area contributed by atoms with Gasteiger partial charge in [0.1, 0.15) is 0 Å². The molecular weight excluding hydrogens is 490 g/mol. The summed E-state index contributed by atoms with van der Waals surface area (Å²) in [7, 11) is 0. The van der Waals surface area contributed by atoms with Crippen molar-refractivity contribution in [3.05, 3.63) is 119 Å². The highest BCUT2D eigenvalue weighted by atomic mass is 35.5. The number of ether oxygens (including phenoxy) is 1. The molecule has 0 fully saturated rings. The zero-order valence-corrected chi connectivity index (χ0v) is 20.1. The van der Waals surface area contributed by atoms with E-state index in [9.17, 15) is 9.59 Å². The molecule has 0 aliphatic heterocycles. The van der Waals surface area contributed by atoms with E-state index < -0.39 is 12.1 Å². The molecule has 5 rings (SSSR count). The van der Waals surface area contributed by atoms with Gasteiger partial charge in [0.15, 0.2) is 5.82 Å². The molecule has 2 N–H and O–H groups in total. The van der Waals surface area contributed by atoms with Gasteiger partial charge in [-0.25, -0.2) is 9.59 Å². The number of fused-ring (bicyclic) bond motifs is 1. The molecule has 0 unspecified atom stereocenters. The third-order valence-electron chi connectivity index (χ3n) is 5.53. The quantitative estimate of drug-likeness (QED) is 0.201. The molecule has 1 amide bonds. The van der Waals surface area contributed by atoms with Crippen molar-refractivity contribution < 1.29 is 14.3 Å². The Bertz CT molecular complexity index is 1560. The molecule has 5 aromatic rings. The third kappa shape index (κ3) is 5.88. The number of carbonyl (C=O) groups excluding carboxylic acids is 2. The average molecular weight is 510 g/mol. The standard InChI is InChI=1S/C28H20ClN5O3/c29-20-6-8-21(9-7-20)31-26-24-17-22(32-28(36)37-27(35)19-4-2-1-3-5-19)10-11-23(24)25(33-34-26)16-18-12-14-30-15-13-18/h1-15,17H,16H2,(H,31,34)(H,32,36). The zero-order valence-electron chi connectivity index (χ0n) is 19.4. The molecule has 9 heteroatoms. The Kier molecular flexibility index (Phi) is 7.00. The van der Waals surface area contributed by atoms with Crippen LogP contribution in [-0.4, -0.2) is 27.2 Å². The van der Waals surface area contributed by atoms with Crippen LogP contribution in [0.25, 0.3) is 10.8 Å². The van der Waals surface area contributed by atoms with Crippen molar-refractivity contribution in [1.29, 1.82) is 0 Å². The number of rotatable bonds is 6. The number of aromatic nitrogens is 3. The van der Waals surface area contributed by atoms with Crippen LogP contribution in [-0.2, 0) is 11.2 Å². The van der Waals surface area contributed by atoms with Gasteiger partial charge >= 0.3 is 12.1 Å². The molecule has 37 heavy (non-hydrogen) atoms. The van der Waals surface area contributed by atoms with Gasteiger partial charge in [-0.3, -0.25) is 10.3 Å². The second kappa shape index (κ2) is 10.8. The zero-order chi connectivity index (χ0) is 25.6. The number of hydrogen-bond donors (Lipinski definition) is 2. The first kappa shape index (κ1) is 23.9. The number of esters is 1. The van der Waals surface area contributed by atoms with E-state index in [-0.39, 0.29) is 5.56 Å². The van der Waals surface area contributed by atoms with E-state index >= 15 is 0 Å². The third-order valence-corrected chi connectivity index (χ3v) is 5.78. The maximum Gasteiger partial charge on any atom is 0.419 e. The molecule has 0 saturated heterocycles. The van der Waals surface area contributed by atoms with E-state index in [1.54, 1.807) is 67.0 Å². The molecule has 0 aliphatic carbocycles. The lowest BCUT2D eigenvalue weighted by atomic mass is 10.0. The number of carbonyl (C=O) groups is 2. The summed E-state index contributed by atoms with van der Waals surface area (Å²) in [6, 6.07) is 24.7. The Balaban J connectivity index is 1.45. The molecular formula is C28H20ClN5O3. The van der Waals surface area contributed by atoms with Gasteiger partial charge in [-0.1, -0.05) is 35.9 Å². The van der Waals surface area contributed by atoms with Crippen molar-refractivity contribution in [2.45, 2.75) is 6.42 Å². The molecule has 0 radical (unpaired) electrons. The van der Waals surface area contributed by atoms with Crippen LogP contribution in [0, 0.1) is 0 Å². The Morgan fingerprint density at radius 3 is 2.30 bits per heavy atom. The Morgan fingerprint density at radius 1 is 0.811 bits per heavy atom. The van der Waals surface area contributed by atoms with E-state index in [1.807, 2.05) is 30.3 Å². The second-order valence-corrected chi connectivity index (χ2v) is 8.52. The fourth-order valence-corrected chi connectivity index (χ4v) is 3.86. The summed E-state index contributed by atoms with van der Waals surface area (Å²) in [5.41, 5.74) is 3.28. The maximum atomic E-state index is 12.4. The van der Waals surface area contributed by atoms with Gasteiger partial charge in [0.25, 0.3) is 0 Å². The summed E-state index contributed by atoms with van der Waals surface area (Å²) < 4.78 is 4.94. The van der Waals surface area contributed by atoms with Crippen LogP contribution in [0.5, 0.6) is 0 Å². The molecule has 0 aliphatic rings. The maximum absolute atomic E-state index is 12.4. The van der Waals surface area contributed by atoms with E-state index in [4.69, 9.17) is 16.3 Å². The van der Waals surface area contributed by atoms with Gasteiger partial charge in [0.05, 0.1) is 11.3 Å². The molecule has 2 heterocycles. The Hall–Kier alpha value is -4.82. The number of halogens is 1. The van der Waals surface area contributed by atoms with Crippen molar-refractivity contribution in [3.63, 3.8) is 0 Å². The molecule has 0 atom stereocenters. The molecule has 0 spiro atoms. The SMILES string of the molecule is O=C(Nc1ccc2c(Cc3ccncc3)nnc(Nc3ccc(Cl)cc3)c2c1)OC(=O)c1ccccc1. The van der Waals surface area contributed by atoms with Gasteiger partial charge in [0, 0.05) is 46.0 Å². The van der Waals surface area contributed by atoms with Crippen LogP contribution >= 0.6 is 11.6 Å². The normalized spacial score (nSPS) is 10.6. The summed E-state index contributed by atoms with van der Waals surface area (Å²) in [6.45, 7) is 0. The smallest absolute Gasteiger partial charge is 0.372 e. The second-order valence-electron chi connectivity index (χ2n) is 8.09. The summed E-state index contributed by atoms with van der Waals surface area (Å²) in [6.07, 6.45) is 3.12. The first-order chi connectivity index (χ1) is 18.0. The number of benzene rings is 3. The minimum Gasteiger partial charge on any atom is -0.372 e. The number of hydrogen-bond acceptors (Lipinski definition) is 7. The Morgan fingerprint density at radius 2 is 1.54 bits per heavy atom. The van der Waals surface area contributed by atoms with Crippen molar-refractivity contribution >= 4 is 51.6 Å². The van der Waals surface area contributed by atoms with Gasteiger partial charge < -0.3 is 10.1 Å². The molecule has 8 nitrogen and oxygen atoms in total. The van der Waals surface area contributed by atoms with Crippen LogP contribution in [0.1, 0.15) is 21.6 Å². The molecule has 0 bridgehead atoms. The lowest BCUT2D eigenvalue weighted by Gasteiger charge is -2.13. The highest BCUT2D eigenvalue weighted by Crippen LogP contribution is 2.30. The highest BCUT2D eigenvalue weighted by molar-refractivity contribution is 6.30. The van der Waals surface area contributed by atoms with Crippen LogP contribution in [0.2, 0.25) is 5.02 Å². The molecule has 2 aromatic heterocycles. The van der Waals surface area contributed by atoms with E-state index in [0.29, 0.717) is 22.9 Å². The van der Waals surface area contributed by atoms with E-state index in [0.717, 1.165) is 27.7 Å². The summed E-state index contributed by atoms with van der Waals surface area (Å²) in [5, 5.41) is 17.0. The summed E-state index contributed by atoms with van der Waals surface area (Å²) in [4.78, 5) is 28.7. The van der Waals surface area contributed by atoms with Crippen molar-refractivity contribution in [3.8, 4) is 0 Å². The minimum atomic E-state index is -0.889. The van der Waals surface area contributed by atoms with E-state index in [1.165, 1.54) is 0 Å². The fraction of sp³-hybridized carbons (Fsp3) is 0.0357. The number of anilines is 3. The number of amides is 1. The Labute approximate surface area is 217 Å². The lowest BCUT2D eigenvalue weighted by Crippen LogP contribution is -2.18. The van der Waals surface area contributed by atoms with Crippen LogP contribution in [0.15, 0.2) is 97.3 Å². The first-order valence-corrected chi connectivity index (χ1v) is 11.7.